The van der Waals surface area contributed by atoms with E-state index in [0.29, 0.717) is 18.8 Å². The van der Waals surface area contributed by atoms with Crippen LogP contribution in [0, 0.1) is 0 Å². The van der Waals surface area contributed by atoms with Gasteiger partial charge in [-0.15, -0.1) is 0 Å². The maximum absolute atomic E-state index is 11.2. The van der Waals surface area contributed by atoms with Gasteiger partial charge in [0.2, 0.25) is 5.89 Å². The van der Waals surface area contributed by atoms with Crippen molar-refractivity contribution < 1.29 is 19.2 Å². The molecule has 118 valence electrons. The number of hydrogen-bond acceptors (Lipinski definition) is 7. The number of aliphatic carboxylic acids is 1. The van der Waals surface area contributed by atoms with Gasteiger partial charge < -0.3 is 31.7 Å². The second kappa shape index (κ2) is 8.87. The lowest BCUT2D eigenvalue weighted by molar-refractivity contribution is -0.135. The molecule has 0 saturated carbocycles. The van der Waals surface area contributed by atoms with Gasteiger partial charge >= 0.3 is 12.0 Å². The Bertz CT molecular complexity index is 463. The maximum Gasteiger partial charge on any atom is 0.323 e. The van der Waals surface area contributed by atoms with Crippen molar-refractivity contribution in [2.45, 2.75) is 31.8 Å². The van der Waals surface area contributed by atoms with Crippen LogP contribution in [0.2, 0.25) is 0 Å². The summed E-state index contributed by atoms with van der Waals surface area (Å²) in [5.74, 6) is -0.562. The van der Waals surface area contributed by atoms with Gasteiger partial charge in [-0.1, -0.05) is 11.6 Å². The van der Waals surface area contributed by atoms with Crippen LogP contribution in [0.15, 0.2) is 4.52 Å². The number of aromatic nitrogens is 2. The van der Waals surface area contributed by atoms with Gasteiger partial charge in [-0.2, -0.15) is 4.98 Å². The molecule has 10 nitrogen and oxygen atoms in total. The Kier molecular flexibility index (Phi) is 7.12. The molecule has 0 fully saturated rings. The van der Waals surface area contributed by atoms with E-state index in [4.69, 9.17) is 21.1 Å². The number of carboxylic acids is 1. The predicted octanol–water partition coefficient (Wildman–Crippen LogP) is -0.918. The molecule has 1 atom stereocenters. The summed E-state index contributed by atoms with van der Waals surface area (Å²) in [7, 11) is 0. The van der Waals surface area contributed by atoms with E-state index in [1.54, 1.807) is 0 Å². The van der Waals surface area contributed by atoms with Gasteiger partial charge in [0, 0.05) is 0 Å². The Balaban J connectivity index is 2.34. The Morgan fingerprint density at radius 3 is 2.76 bits per heavy atom. The summed E-state index contributed by atoms with van der Waals surface area (Å²) < 4.78 is 4.94. The highest BCUT2D eigenvalue weighted by molar-refractivity contribution is 5.79. The van der Waals surface area contributed by atoms with Crippen LogP contribution in [0.1, 0.15) is 37.0 Å². The highest BCUT2D eigenvalue weighted by Crippen LogP contribution is 2.13. The van der Waals surface area contributed by atoms with Crippen LogP contribution in [-0.4, -0.2) is 40.3 Å². The topological polar surface area (TPSA) is 169 Å². The molecule has 10 heteroatoms. The van der Waals surface area contributed by atoms with Crippen molar-refractivity contribution in [1.29, 1.82) is 0 Å². The van der Waals surface area contributed by atoms with Crippen molar-refractivity contribution in [2.24, 2.45) is 11.5 Å². The molecule has 0 aliphatic rings. The summed E-state index contributed by atoms with van der Waals surface area (Å²) in [6.45, 7) is 0.139. The fraction of sp³-hybridized carbons (Fsp3) is 0.636. The first-order chi connectivity index (χ1) is 10.0. The molecule has 0 aliphatic carbocycles. The van der Waals surface area contributed by atoms with Gasteiger partial charge in [0.05, 0.1) is 12.6 Å². The lowest BCUT2D eigenvalue weighted by Gasteiger charge is -2.05. The fourth-order valence-corrected chi connectivity index (χ4v) is 1.50. The number of carboxylic acid groups (broad SMARTS) is 1. The number of carbonyl (C=O) groups is 2. The van der Waals surface area contributed by atoms with Crippen LogP contribution in [0.4, 0.5) is 4.79 Å². The lowest BCUT2D eigenvalue weighted by Crippen LogP contribution is -2.38. The van der Waals surface area contributed by atoms with Crippen LogP contribution in [0.3, 0.4) is 0 Å². The van der Waals surface area contributed by atoms with Crippen molar-refractivity contribution in [3.05, 3.63) is 11.7 Å². The molecule has 1 rings (SSSR count). The second-order valence-electron chi connectivity index (χ2n) is 4.37. The zero-order valence-corrected chi connectivity index (χ0v) is 11.5. The number of nitrogens with one attached hydrogen (secondary N) is 2. The highest BCUT2D eigenvalue weighted by Gasteiger charge is 2.14. The first kappa shape index (κ1) is 16.9. The number of unbranched alkanes of at least 4 members (excludes halogenated alkanes) is 1. The predicted molar refractivity (Wildman–Crippen MR) is 72.0 cm³/mol. The van der Waals surface area contributed by atoms with Gasteiger partial charge in [0.1, 0.15) is 6.54 Å². The summed E-state index contributed by atoms with van der Waals surface area (Å²) >= 11 is 0. The smallest absolute Gasteiger partial charge is 0.323 e. The van der Waals surface area contributed by atoms with Crippen molar-refractivity contribution in [2.75, 3.05) is 13.1 Å². The van der Waals surface area contributed by atoms with Crippen LogP contribution in [-0.2, 0) is 11.3 Å². The van der Waals surface area contributed by atoms with Crippen molar-refractivity contribution in [3.63, 3.8) is 0 Å². The second-order valence-corrected chi connectivity index (χ2v) is 4.37. The first-order valence-corrected chi connectivity index (χ1v) is 6.54. The highest BCUT2D eigenvalue weighted by atomic mass is 16.5. The molecule has 0 spiro atoms. The molecule has 1 aromatic heterocycles. The zero-order chi connectivity index (χ0) is 15.7. The lowest BCUT2D eigenvalue weighted by atomic mass is 10.1. The van der Waals surface area contributed by atoms with Gasteiger partial charge in [-0.3, -0.25) is 4.79 Å². The van der Waals surface area contributed by atoms with Gasteiger partial charge in [-0.05, 0) is 19.4 Å². The van der Waals surface area contributed by atoms with Gasteiger partial charge in [-0.25, -0.2) is 4.79 Å². The van der Waals surface area contributed by atoms with Gasteiger partial charge in [0.15, 0.2) is 5.82 Å². The van der Waals surface area contributed by atoms with Crippen LogP contribution < -0.4 is 22.1 Å². The average Bonchev–Trinajstić information content (AvgIpc) is 2.92. The fourth-order valence-electron chi connectivity index (χ4n) is 1.50. The van der Waals surface area contributed by atoms with Crippen LogP contribution in [0.5, 0.6) is 0 Å². The molecule has 2 amide bonds. The molecule has 0 saturated heterocycles. The van der Waals surface area contributed by atoms with E-state index in [1.807, 2.05) is 0 Å². The Hall–Kier alpha value is -2.20. The van der Waals surface area contributed by atoms with Crippen molar-refractivity contribution >= 4 is 12.0 Å². The standard InChI is InChI=1S/C11H20N6O4/c12-4-2-1-3-7(13)10-16-8(21-17-10)5-14-11(20)15-6-9(18)19/h7H,1-6,12-13H2,(H,18,19)(H2,14,15,20). The first-order valence-electron chi connectivity index (χ1n) is 6.54. The van der Waals surface area contributed by atoms with Crippen molar-refractivity contribution in [3.8, 4) is 0 Å². The SMILES string of the molecule is NCCCCC(N)c1noc(CNC(=O)NCC(=O)O)n1. The van der Waals surface area contributed by atoms with E-state index >= 15 is 0 Å². The molecule has 0 radical (unpaired) electrons. The summed E-state index contributed by atoms with van der Waals surface area (Å²) in [5, 5.41) is 16.7. The third kappa shape index (κ3) is 6.68. The summed E-state index contributed by atoms with van der Waals surface area (Å²) in [6.07, 6.45) is 2.45. The third-order valence-corrected chi connectivity index (χ3v) is 2.59. The Labute approximate surface area is 121 Å². The minimum Gasteiger partial charge on any atom is -0.480 e. The van der Waals surface area contributed by atoms with E-state index in [-0.39, 0.29) is 18.5 Å². The number of carbonyl (C=O) groups excluding carboxylic acids is 1. The van der Waals surface area contributed by atoms with E-state index < -0.39 is 18.5 Å². The normalized spacial score (nSPS) is 11.9. The minimum atomic E-state index is -1.13. The molecule has 0 bridgehead atoms. The molecule has 0 aliphatic heterocycles. The number of urea groups is 1. The molecule has 1 unspecified atom stereocenters. The molecule has 0 aromatic carbocycles. The molecule has 21 heavy (non-hydrogen) atoms. The summed E-state index contributed by atoms with van der Waals surface area (Å²) in [5.41, 5.74) is 11.3. The van der Waals surface area contributed by atoms with Crippen LogP contribution >= 0.6 is 0 Å². The van der Waals surface area contributed by atoms with E-state index in [2.05, 4.69) is 20.8 Å². The summed E-state index contributed by atoms with van der Waals surface area (Å²) in [6, 6.07) is -0.973. The molecular weight excluding hydrogens is 280 g/mol. The molecule has 1 aromatic rings. The Morgan fingerprint density at radius 2 is 2.10 bits per heavy atom. The average molecular weight is 300 g/mol. The number of hydrogen-bond donors (Lipinski definition) is 5. The zero-order valence-electron chi connectivity index (χ0n) is 11.5. The largest absolute Gasteiger partial charge is 0.480 e. The summed E-state index contributed by atoms with van der Waals surface area (Å²) in [4.78, 5) is 25.5. The van der Waals surface area contributed by atoms with Crippen LogP contribution in [0.25, 0.3) is 0 Å². The van der Waals surface area contributed by atoms with E-state index in [9.17, 15) is 9.59 Å². The number of amides is 2. The van der Waals surface area contributed by atoms with Crippen molar-refractivity contribution in [1.82, 2.24) is 20.8 Å². The number of nitrogens with two attached hydrogens (primary N) is 2. The monoisotopic (exact) mass is 300 g/mol. The molecule has 7 N–H and O–H groups in total. The molecular formula is C11H20N6O4. The number of rotatable bonds is 9. The van der Waals surface area contributed by atoms with E-state index in [1.165, 1.54) is 0 Å². The minimum absolute atomic E-state index is 0.00598. The maximum atomic E-state index is 11.2. The van der Waals surface area contributed by atoms with E-state index in [0.717, 1.165) is 12.8 Å². The molecule has 1 heterocycles. The third-order valence-electron chi connectivity index (χ3n) is 2.59. The quantitative estimate of drug-likeness (QED) is 0.364. The van der Waals surface area contributed by atoms with Gasteiger partial charge in [0.25, 0.3) is 0 Å². The Morgan fingerprint density at radius 1 is 1.33 bits per heavy atom. The number of nitrogens with zero attached hydrogens (tertiary/aromatic N) is 2.